The third-order valence-corrected chi connectivity index (χ3v) is 3.07. The molecule has 0 saturated heterocycles. The summed E-state index contributed by atoms with van der Waals surface area (Å²) >= 11 is 0. The lowest BCUT2D eigenvalue weighted by Gasteiger charge is -2.21. The molecule has 0 spiro atoms. The van der Waals surface area contributed by atoms with Crippen LogP contribution in [0.3, 0.4) is 0 Å². The first kappa shape index (κ1) is 14.6. The Labute approximate surface area is 124 Å². The van der Waals surface area contributed by atoms with Gasteiger partial charge in [0, 0.05) is 11.8 Å². The van der Waals surface area contributed by atoms with Crippen molar-refractivity contribution in [3.05, 3.63) is 48.2 Å². The number of hydrazine groups is 1. The lowest BCUT2D eigenvalue weighted by molar-refractivity contribution is -0.153. The number of amidine groups is 1. The summed E-state index contributed by atoms with van der Waals surface area (Å²) in [6, 6.07) is 6.35. The Morgan fingerprint density at radius 3 is 2.68 bits per heavy atom. The summed E-state index contributed by atoms with van der Waals surface area (Å²) in [5.41, 5.74) is 10.3. The van der Waals surface area contributed by atoms with Gasteiger partial charge >= 0.3 is 6.18 Å². The molecule has 1 atom stereocenters. The molecule has 2 aliphatic rings. The van der Waals surface area contributed by atoms with Crippen molar-refractivity contribution in [2.24, 2.45) is 10.7 Å². The number of nitrogens with one attached hydrogen (secondary N) is 1. The standard InChI is InChI=1S/C14H13F3N4O/c15-14(16,17)8-22-10-5-3-9(4-6-10)11-2-1-7-21-12(11)19-13(18)20-21/h1-7,13,20H,8,18H2. The summed E-state index contributed by atoms with van der Waals surface area (Å²) in [4.78, 5) is 4.27. The first-order valence-electron chi connectivity index (χ1n) is 6.50. The van der Waals surface area contributed by atoms with Gasteiger partial charge in [0.15, 0.2) is 18.7 Å². The fourth-order valence-corrected chi connectivity index (χ4v) is 2.16. The number of alkyl halides is 3. The molecule has 3 N–H and O–H groups in total. The number of nitrogens with zero attached hydrogens (tertiary/aromatic N) is 2. The Balaban J connectivity index is 1.77. The highest BCUT2D eigenvalue weighted by molar-refractivity contribution is 6.24. The van der Waals surface area contributed by atoms with Crippen LogP contribution in [0.1, 0.15) is 5.56 Å². The van der Waals surface area contributed by atoms with Crippen molar-refractivity contribution >= 4 is 11.4 Å². The highest BCUT2D eigenvalue weighted by Crippen LogP contribution is 2.26. The Kier molecular flexibility index (Phi) is 3.63. The summed E-state index contributed by atoms with van der Waals surface area (Å²) in [5.74, 6) is 0.826. The molecule has 0 fully saturated rings. The number of aliphatic imine (C=N–C) groups is 1. The van der Waals surface area contributed by atoms with E-state index in [2.05, 4.69) is 15.2 Å². The van der Waals surface area contributed by atoms with Crippen molar-refractivity contribution in [3.63, 3.8) is 0 Å². The highest BCUT2D eigenvalue weighted by Gasteiger charge is 2.28. The fourth-order valence-electron chi connectivity index (χ4n) is 2.16. The topological polar surface area (TPSA) is 62.9 Å². The maximum atomic E-state index is 12.1. The van der Waals surface area contributed by atoms with Gasteiger partial charge in [-0.05, 0) is 29.8 Å². The predicted molar refractivity (Wildman–Crippen MR) is 75.5 cm³/mol. The van der Waals surface area contributed by atoms with Gasteiger partial charge < -0.3 is 4.74 Å². The van der Waals surface area contributed by atoms with Gasteiger partial charge in [0.25, 0.3) is 0 Å². The molecular weight excluding hydrogens is 297 g/mol. The van der Waals surface area contributed by atoms with Crippen LogP contribution in [0, 0.1) is 0 Å². The minimum absolute atomic E-state index is 0.160. The monoisotopic (exact) mass is 310 g/mol. The van der Waals surface area contributed by atoms with E-state index in [1.807, 2.05) is 12.2 Å². The zero-order valence-corrected chi connectivity index (χ0v) is 11.3. The fraction of sp³-hybridized carbons (Fsp3) is 0.214. The SMILES string of the molecule is NC1N=C2C(c3ccc(OCC(F)(F)F)cc3)=CC=CN2N1. The van der Waals surface area contributed by atoms with Crippen LogP contribution >= 0.6 is 0 Å². The molecule has 0 aliphatic carbocycles. The van der Waals surface area contributed by atoms with E-state index in [1.165, 1.54) is 12.1 Å². The molecule has 0 bridgehead atoms. The number of rotatable bonds is 3. The van der Waals surface area contributed by atoms with Gasteiger partial charge in [-0.3, -0.25) is 10.7 Å². The number of hydrogen-bond acceptors (Lipinski definition) is 5. The van der Waals surface area contributed by atoms with E-state index in [4.69, 9.17) is 5.73 Å². The first-order chi connectivity index (χ1) is 10.4. The lowest BCUT2D eigenvalue weighted by Crippen LogP contribution is -2.41. The number of allylic oxidation sites excluding steroid dienone is 2. The van der Waals surface area contributed by atoms with Crippen LogP contribution in [-0.2, 0) is 0 Å². The molecule has 2 aliphatic heterocycles. The molecular formula is C14H13F3N4O. The first-order valence-corrected chi connectivity index (χ1v) is 6.50. The molecule has 0 aromatic heterocycles. The maximum absolute atomic E-state index is 12.1. The van der Waals surface area contributed by atoms with Crippen LogP contribution in [0.4, 0.5) is 13.2 Å². The van der Waals surface area contributed by atoms with E-state index in [0.29, 0.717) is 5.84 Å². The third kappa shape index (κ3) is 3.12. The Bertz CT molecular complexity index is 649. The lowest BCUT2D eigenvalue weighted by atomic mass is 10.0. The summed E-state index contributed by atoms with van der Waals surface area (Å²) in [5, 5.41) is 1.70. The molecule has 1 aromatic rings. The van der Waals surface area contributed by atoms with Crippen LogP contribution < -0.4 is 15.9 Å². The van der Waals surface area contributed by atoms with Crippen LogP contribution in [-0.4, -0.2) is 29.9 Å². The van der Waals surface area contributed by atoms with E-state index in [-0.39, 0.29) is 5.75 Å². The average molecular weight is 310 g/mol. The third-order valence-electron chi connectivity index (χ3n) is 3.07. The molecule has 8 heteroatoms. The second kappa shape index (κ2) is 5.47. The van der Waals surface area contributed by atoms with Crippen molar-refractivity contribution in [2.45, 2.75) is 12.5 Å². The Morgan fingerprint density at radius 1 is 1.27 bits per heavy atom. The van der Waals surface area contributed by atoms with Crippen LogP contribution in [0.2, 0.25) is 0 Å². The number of nitrogens with two attached hydrogens (primary N) is 1. The summed E-state index contributed by atoms with van der Waals surface area (Å²) in [7, 11) is 0. The molecule has 22 heavy (non-hydrogen) atoms. The number of benzene rings is 1. The molecule has 1 aromatic carbocycles. The summed E-state index contributed by atoms with van der Waals surface area (Å²) in [6.07, 6.45) is 0.607. The van der Waals surface area contributed by atoms with Gasteiger partial charge in [-0.15, -0.1) is 0 Å². The summed E-state index contributed by atoms with van der Waals surface area (Å²) < 4.78 is 41.0. The van der Waals surface area contributed by atoms with Crippen LogP contribution in [0.25, 0.3) is 5.57 Å². The molecule has 116 valence electrons. The largest absolute Gasteiger partial charge is 0.484 e. The normalized spacial score (nSPS) is 20.5. The average Bonchev–Trinajstić information content (AvgIpc) is 2.85. The number of fused-ring (bicyclic) bond motifs is 1. The van der Waals surface area contributed by atoms with Gasteiger partial charge in [-0.1, -0.05) is 12.1 Å². The zero-order valence-electron chi connectivity index (χ0n) is 11.3. The van der Waals surface area contributed by atoms with Gasteiger partial charge in [0.2, 0.25) is 0 Å². The van der Waals surface area contributed by atoms with Gasteiger partial charge in [-0.25, -0.2) is 4.99 Å². The minimum Gasteiger partial charge on any atom is -0.484 e. The van der Waals surface area contributed by atoms with Crippen molar-refractivity contribution in [1.29, 1.82) is 0 Å². The van der Waals surface area contributed by atoms with Crippen molar-refractivity contribution in [1.82, 2.24) is 10.4 Å². The molecule has 0 amide bonds. The molecule has 2 heterocycles. The molecule has 3 rings (SSSR count). The molecule has 5 nitrogen and oxygen atoms in total. The molecule has 1 unspecified atom stereocenters. The van der Waals surface area contributed by atoms with Crippen molar-refractivity contribution < 1.29 is 17.9 Å². The number of hydrogen-bond donors (Lipinski definition) is 2. The predicted octanol–water partition coefficient (Wildman–Crippen LogP) is 2.00. The van der Waals surface area contributed by atoms with E-state index in [0.717, 1.165) is 11.1 Å². The minimum atomic E-state index is -4.35. The second-order valence-electron chi connectivity index (χ2n) is 4.75. The van der Waals surface area contributed by atoms with Gasteiger partial charge in [0.1, 0.15) is 5.75 Å². The Morgan fingerprint density at radius 2 is 2.00 bits per heavy atom. The van der Waals surface area contributed by atoms with E-state index < -0.39 is 19.1 Å². The number of halogens is 3. The smallest absolute Gasteiger partial charge is 0.422 e. The van der Waals surface area contributed by atoms with Crippen LogP contribution in [0.15, 0.2) is 47.6 Å². The van der Waals surface area contributed by atoms with Crippen LogP contribution in [0.5, 0.6) is 5.75 Å². The second-order valence-corrected chi connectivity index (χ2v) is 4.75. The zero-order chi connectivity index (χ0) is 15.7. The Hall–Kier alpha value is -2.32. The van der Waals surface area contributed by atoms with Gasteiger partial charge in [0.05, 0.1) is 0 Å². The summed E-state index contributed by atoms with van der Waals surface area (Å²) in [6.45, 7) is -1.31. The van der Waals surface area contributed by atoms with Crippen molar-refractivity contribution in [2.75, 3.05) is 6.61 Å². The number of ether oxygens (including phenoxy) is 1. The van der Waals surface area contributed by atoms with E-state index in [9.17, 15) is 13.2 Å². The molecule has 0 saturated carbocycles. The van der Waals surface area contributed by atoms with Gasteiger partial charge in [-0.2, -0.15) is 18.6 Å². The van der Waals surface area contributed by atoms with Crippen molar-refractivity contribution in [3.8, 4) is 5.75 Å². The quantitative estimate of drug-likeness (QED) is 0.896. The van der Waals surface area contributed by atoms with E-state index >= 15 is 0 Å². The highest BCUT2D eigenvalue weighted by atomic mass is 19.4. The molecule has 0 radical (unpaired) electrons. The van der Waals surface area contributed by atoms with E-state index in [1.54, 1.807) is 23.3 Å². The maximum Gasteiger partial charge on any atom is 0.422 e.